The maximum absolute atomic E-state index is 5.22. The number of rotatable bonds is 9. The molecule has 0 amide bonds. The zero-order chi connectivity index (χ0) is 38.0. The van der Waals surface area contributed by atoms with Crippen LogP contribution in [0.5, 0.6) is 0 Å². The summed E-state index contributed by atoms with van der Waals surface area (Å²) in [5.74, 6) is 1.32. The lowest BCUT2D eigenvalue weighted by Crippen LogP contribution is -2.07. The van der Waals surface area contributed by atoms with E-state index in [0.717, 1.165) is 67.1 Å². The Morgan fingerprint density at radius 3 is 0.860 bits per heavy atom. The number of benzene rings is 6. The van der Waals surface area contributed by atoms with E-state index in [9.17, 15) is 0 Å². The van der Waals surface area contributed by atoms with E-state index < -0.39 is 0 Å². The molecule has 10 aromatic rings. The Labute approximate surface area is 326 Å². The first-order chi connectivity index (χ1) is 28.2. The maximum Gasteiger partial charge on any atom is 0.166 e. The van der Waals surface area contributed by atoms with Crippen molar-refractivity contribution in [3.05, 3.63) is 184 Å². The molecule has 57 heavy (non-hydrogen) atoms. The van der Waals surface area contributed by atoms with Gasteiger partial charge in [-0.15, -0.1) is 0 Å². The standard InChI is InChI=1S/C45H30N12/c1-4-10-31(11-5-1)34-16-19-37(40(22-34)55-28-46-25-49-55)43-52-44(38-20-17-35(32-12-6-2-7-13-32)23-41(38)56-29-47-26-50-56)54-45(53-43)39-21-18-36(33-14-8-3-9-15-33)24-42(39)57-30-48-27-51-57/h1-30H. The van der Waals surface area contributed by atoms with Crippen molar-refractivity contribution in [3.8, 4) is 84.6 Å². The first-order valence-electron chi connectivity index (χ1n) is 18.2. The second-order valence-electron chi connectivity index (χ2n) is 13.1. The molecule has 0 fully saturated rings. The number of nitrogens with zero attached hydrogens (tertiary/aromatic N) is 12. The molecule has 270 valence electrons. The Kier molecular flexibility index (Phi) is 8.50. The summed E-state index contributed by atoms with van der Waals surface area (Å²) in [6, 6.07) is 49.1. The van der Waals surface area contributed by atoms with Crippen LogP contribution in [0.1, 0.15) is 0 Å². The fraction of sp³-hybridized carbons (Fsp3) is 0. The highest BCUT2D eigenvalue weighted by atomic mass is 15.3. The van der Waals surface area contributed by atoms with E-state index in [1.54, 1.807) is 33.0 Å². The van der Waals surface area contributed by atoms with Gasteiger partial charge in [-0.2, -0.15) is 15.3 Å². The summed E-state index contributed by atoms with van der Waals surface area (Å²) in [6.07, 6.45) is 9.56. The molecule has 0 aliphatic heterocycles. The quantitative estimate of drug-likeness (QED) is 0.143. The van der Waals surface area contributed by atoms with Crippen LogP contribution in [0.2, 0.25) is 0 Å². The average Bonchev–Trinajstić information content (AvgIpc) is 4.13. The highest BCUT2D eigenvalue weighted by molar-refractivity contribution is 5.82. The topological polar surface area (TPSA) is 131 Å². The van der Waals surface area contributed by atoms with Crippen LogP contribution in [0.15, 0.2) is 184 Å². The second kappa shape index (κ2) is 14.5. The van der Waals surface area contributed by atoms with Crippen molar-refractivity contribution in [1.82, 2.24) is 59.2 Å². The molecule has 10 rings (SSSR count). The highest BCUT2D eigenvalue weighted by Crippen LogP contribution is 2.36. The van der Waals surface area contributed by atoms with Crippen LogP contribution >= 0.6 is 0 Å². The molecule has 0 saturated heterocycles. The van der Waals surface area contributed by atoms with Gasteiger partial charge in [-0.3, -0.25) is 0 Å². The van der Waals surface area contributed by atoms with E-state index in [4.69, 9.17) is 15.0 Å². The first kappa shape index (κ1) is 33.3. The number of aromatic nitrogens is 12. The van der Waals surface area contributed by atoms with Crippen LogP contribution in [0.3, 0.4) is 0 Å². The number of hydrogen-bond donors (Lipinski definition) is 0. The van der Waals surface area contributed by atoms with E-state index in [0.29, 0.717) is 17.5 Å². The molecule has 0 saturated carbocycles. The monoisotopic (exact) mass is 738 g/mol. The van der Waals surface area contributed by atoms with Crippen LogP contribution in [-0.2, 0) is 0 Å². The molecular formula is C45H30N12. The minimum Gasteiger partial charge on any atom is -0.223 e. The Morgan fingerprint density at radius 1 is 0.298 bits per heavy atom. The lowest BCUT2D eigenvalue weighted by atomic mass is 10.0. The van der Waals surface area contributed by atoms with Gasteiger partial charge in [0.2, 0.25) is 0 Å². The van der Waals surface area contributed by atoms with Crippen molar-refractivity contribution >= 4 is 0 Å². The predicted octanol–water partition coefficient (Wildman–Crippen LogP) is 8.62. The molecule has 4 aromatic heterocycles. The summed E-state index contributed by atoms with van der Waals surface area (Å²) in [5.41, 5.74) is 10.7. The Hall–Kier alpha value is -8.25. The van der Waals surface area contributed by atoms with Crippen LogP contribution in [-0.4, -0.2) is 59.2 Å². The van der Waals surface area contributed by atoms with Gasteiger partial charge in [0, 0.05) is 16.7 Å². The lowest BCUT2D eigenvalue weighted by molar-refractivity contribution is 0.872. The van der Waals surface area contributed by atoms with E-state index in [1.165, 1.54) is 19.0 Å². The minimum atomic E-state index is 0.438. The third-order valence-electron chi connectivity index (χ3n) is 9.67. The van der Waals surface area contributed by atoms with Gasteiger partial charge in [0.1, 0.15) is 38.0 Å². The average molecular weight is 739 g/mol. The Morgan fingerprint density at radius 2 is 0.596 bits per heavy atom. The van der Waals surface area contributed by atoms with E-state index in [-0.39, 0.29) is 0 Å². The molecule has 0 aliphatic carbocycles. The van der Waals surface area contributed by atoms with Gasteiger partial charge in [0.25, 0.3) is 0 Å². The van der Waals surface area contributed by atoms with Gasteiger partial charge in [-0.1, -0.05) is 109 Å². The zero-order valence-corrected chi connectivity index (χ0v) is 30.2. The molecular weight excluding hydrogens is 709 g/mol. The highest BCUT2D eigenvalue weighted by Gasteiger charge is 2.22. The summed E-state index contributed by atoms with van der Waals surface area (Å²) in [4.78, 5) is 28.5. The molecule has 0 spiro atoms. The van der Waals surface area contributed by atoms with Gasteiger partial charge in [-0.25, -0.2) is 43.9 Å². The third-order valence-corrected chi connectivity index (χ3v) is 9.67. The normalized spacial score (nSPS) is 11.2. The van der Waals surface area contributed by atoms with Crippen molar-refractivity contribution in [2.24, 2.45) is 0 Å². The number of hydrogen-bond acceptors (Lipinski definition) is 9. The largest absolute Gasteiger partial charge is 0.223 e. The molecule has 0 radical (unpaired) electrons. The molecule has 4 heterocycles. The molecule has 0 bridgehead atoms. The third kappa shape index (κ3) is 6.53. The van der Waals surface area contributed by atoms with Crippen LogP contribution in [0.25, 0.3) is 84.6 Å². The molecule has 0 N–H and O–H groups in total. The molecule has 12 heteroatoms. The Bertz CT molecular complexity index is 2600. The summed E-state index contributed by atoms with van der Waals surface area (Å²) in [6.45, 7) is 0. The fourth-order valence-electron chi connectivity index (χ4n) is 6.90. The van der Waals surface area contributed by atoms with Gasteiger partial charge >= 0.3 is 0 Å². The van der Waals surface area contributed by atoms with Gasteiger partial charge in [-0.05, 0) is 69.8 Å². The fourth-order valence-corrected chi connectivity index (χ4v) is 6.90. The first-order valence-corrected chi connectivity index (χ1v) is 18.2. The minimum absolute atomic E-state index is 0.438. The van der Waals surface area contributed by atoms with Crippen molar-refractivity contribution in [2.75, 3.05) is 0 Å². The Balaban J connectivity index is 1.23. The summed E-state index contributed by atoms with van der Waals surface area (Å²) >= 11 is 0. The smallest absolute Gasteiger partial charge is 0.166 e. The van der Waals surface area contributed by atoms with E-state index in [1.807, 2.05) is 72.8 Å². The van der Waals surface area contributed by atoms with Crippen LogP contribution < -0.4 is 0 Å². The lowest BCUT2D eigenvalue weighted by Gasteiger charge is -2.16. The van der Waals surface area contributed by atoms with Crippen LogP contribution in [0, 0.1) is 0 Å². The maximum atomic E-state index is 5.22. The van der Waals surface area contributed by atoms with Gasteiger partial charge in [0.15, 0.2) is 17.5 Å². The van der Waals surface area contributed by atoms with E-state index >= 15 is 0 Å². The van der Waals surface area contributed by atoms with Crippen molar-refractivity contribution < 1.29 is 0 Å². The van der Waals surface area contributed by atoms with Gasteiger partial charge in [0.05, 0.1) is 17.1 Å². The van der Waals surface area contributed by atoms with Crippen LogP contribution in [0.4, 0.5) is 0 Å². The molecule has 12 nitrogen and oxygen atoms in total. The summed E-state index contributed by atoms with van der Waals surface area (Å²) < 4.78 is 5.20. The molecule has 6 aromatic carbocycles. The predicted molar refractivity (Wildman–Crippen MR) is 217 cm³/mol. The molecule has 0 atom stereocenters. The summed E-state index contributed by atoms with van der Waals surface area (Å²) in [7, 11) is 0. The molecule has 0 unspecified atom stereocenters. The summed E-state index contributed by atoms with van der Waals surface area (Å²) in [5, 5.41) is 13.6. The van der Waals surface area contributed by atoms with Crippen molar-refractivity contribution in [2.45, 2.75) is 0 Å². The van der Waals surface area contributed by atoms with Crippen molar-refractivity contribution in [1.29, 1.82) is 0 Å². The van der Waals surface area contributed by atoms with E-state index in [2.05, 4.69) is 103 Å². The van der Waals surface area contributed by atoms with Crippen molar-refractivity contribution in [3.63, 3.8) is 0 Å². The SMILES string of the molecule is c1ccc(-c2ccc(-c3nc(-c4ccc(-c5ccccc5)cc4-n4cncn4)nc(-c4ccc(-c5ccccc5)cc4-n4cncn4)n3)c(-n3cncn3)c2)cc1. The van der Waals surface area contributed by atoms with Gasteiger partial charge < -0.3 is 0 Å². The zero-order valence-electron chi connectivity index (χ0n) is 30.2. The molecule has 0 aliphatic rings. The second-order valence-corrected chi connectivity index (χ2v) is 13.1.